The van der Waals surface area contributed by atoms with Crippen LogP contribution in [0.5, 0.6) is 0 Å². The Morgan fingerprint density at radius 1 is 1.47 bits per heavy atom. The highest BCUT2D eigenvalue weighted by Crippen LogP contribution is 2.18. The van der Waals surface area contributed by atoms with Crippen molar-refractivity contribution in [3.05, 3.63) is 51.5 Å². The van der Waals surface area contributed by atoms with E-state index in [1.165, 1.54) is 11.1 Å². The Balaban J connectivity index is 1.76. The molecule has 0 radical (unpaired) electrons. The predicted octanol–water partition coefficient (Wildman–Crippen LogP) is 1.72. The summed E-state index contributed by atoms with van der Waals surface area (Å²) in [6, 6.07) is 5.94. The minimum Gasteiger partial charge on any atom is -0.346 e. The van der Waals surface area contributed by atoms with E-state index in [1.54, 1.807) is 17.5 Å². The van der Waals surface area contributed by atoms with Crippen LogP contribution in [-0.4, -0.2) is 17.4 Å². The number of nitrogens with one attached hydrogen (secondary N) is 2. The van der Waals surface area contributed by atoms with E-state index in [-0.39, 0.29) is 5.91 Å². The molecule has 0 aliphatic carbocycles. The molecule has 0 saturated carbocycles. The molecule has 0 fully saturated rings. The molecule has 1 amide bonds. The molecule has 4 nitrogen and oxygen atoms in total. The van der Waals surface area contributed by atoms with Gasteiger partial charge in [0.25, 0.3) is 5.91 Å². The summed E-state index contributed by atoms with van der Waals surface area (Å²) in [7, 11) is 0. The molecule has 1 aromatic heterocycles. The SMILES string of the molecule is O=C(NCc1nccs1)c1cccc2c1CCNC2. The average Bonchev–Trinajstić information content (AvgIpc) is 2.97. The quantitative estimate of drug-likeness (QED) is 0.895. The van der Waals surface area contributed by atoms with Gasteiger partial charge in [-0.2, -0.15) is 0 Å². The van der Waals surface area contributed by atoms with Gasteiger partial charge in [0.1, 0.15) is 5.01 Å². The van der Waals surface area contributed by atoms with Crippen LogP contribution in [0.3, 0.4) is 0 Å². The zero-order chi connectivity index (χ0) is 13.1. The zero-order valence-corrected chi connectivity index (χ0v) is 11.3. The van der Waals surface area contributed by atoms with Gasteiger partial charge in [-0.25, -0.2) is 4.98 Å². The Kier molecular flexibility index (Phi) is 3.57. The fraction of sp³-hybridized carbons (Fsp3) is 0.286. The molecule has 0 saturated heterocycles. The van der Waals surface area contributed by atoms with Crippen molar-refractivity contribution in [2.24, 2.45) is 0 Å². The number of amides is 1. The second-order valence-electron chi connectivity index (χ2n) is 4.48. The van der Waals surface area contributed by atoms with Crippen LogP contribution in [-0.2, 0) is 19.5 Å². The molecule has 19 heavy (non-hydrogen) atoms. The van der Waals surface area contributed by atoms with Crippen LogP contribution in [0.1, 0.15) is 26.5 Å². The lowest BCUT2D eigenvalue weighted by Gasteiger charge is -2.19. The van der Waals surface area contributed by atoms with E-state index in [9.17, 15) is 4.79 Å². The Labute approximate surface area is 115 Å². The van der Waals surface area contributed by atoms with E-state index in [2.05, 4.69) is 21.7 Å². The van der Waals surface area contributed by atoms with Crippen molar-refractivity contribution in [3.8, 4) is 0 Å². The standard InChI is InChI=1S/C14H15N3OS/c18-14(17-9-13-16-6-7-19-13)12-3-1-2-10-8-15-5-4-11(10)12/h1-3,6-7,15H,4-5,8-9H2,(H,17,18). The van der Waals surface area contributed by atoms with Gasteiger partial charge in [0, 0.05) is 23.7 Å². The van der Waals surface area contributed by atoms with Crippen molar-refractivity contribution in [1.82, 2.24) is 15.6 Å². The second-order valence-corrected chi connectivity index (χ2v) is 5.46. The molecular formula is C14H15N3OS. The van der Waals surface area contributed by atoms with Gasteiger partial charge in [0.2, 0.25) is 0 Å². The summed E-state index contributed by atoms with van der Waals surface area (Å²) in [6.45, 7) is 2.28. The number of hydrogen-bond acceptors (Lipinski definition) is 4. The van der Waals surface area contributed by atoms with Crippen LogP contribution in [0, 0.1) is 0 Å². The van der Waals surface area contributed by atoms with Crippen LogP contribution in [0.2, 0.25) is 0 Å². The molecule has 2 aromatic rings. The third kappa shape index (κ3) is 2.67. The number of hydrogen-bond donors (Lipinski definition) is 2. The first kappa shape index (κ1) is 12.3. The van der Waals surface area contributed by atoms with Gasteiger partial charge in [-0.3, -0.25) is 4.79 Å². The molecule has 1 aromatic carbocycles. The monoisotopic (exact) mass is 273 g/mol. The molecule has 3 rings (SSSR count). The van der Waals surface area contributed by atoms with Crippen molar-refractivity contribution in [3.63, 3.8) is 0 Å². The van der Waals surface area contributed by atoms with E-state index in [0.29, 0.717) is 6.54 Å². The summed E-state index contributed by atoms with van der Waals surface area (Å²) < 4.78 is 0. The molecule has 0 spiro atoms. The Hall–Kier alpha value is -1.72. The highest BCUT2D eigenvalue weighted by atomic mass is 32.1. The van der Waals surface area contributed by atoms with Crippen molar-refractivity contribution < 1.29 is 4.79 Å². The first-order valence-corrected chi connectivity index (χ1v) is 7.20. The molecule has 1 aliphatic heterocycles. The van der Waals surface area contributed by atoms with Crippen LogP contribution in [0.25, 0.3) is 0 Å². The predicted molar refractivity (Wildman–Crippen MR) is 75.1 cm³/mol. The summed E-state index contributed by atoms with van der Waals surface area (Å²) in [5.41, 5.74) is 3.21. The Morgan fingerprint density at radius 2 is 2.42 bits per heavy atom. The molecular weight excluding hydrogens is 258 g/mol. The number of rotatable bonds is 3. The molecule has 98 valence electrons. The van der Waals surface area contributed by atoms with Crippen molar-refractivity contribution >= 4 is 17.2 Å². The van der Waals surface area contributed by atoms with E-state index < -0.39 is 0 Å². The fourth-order valence-electron chi connectivity index (χ4n) is 2.34. The zero-order valence-electron chi connectivity index (χ0n) is 10.5. The van der Waals surface area contributed by atoms with Crippen LogP contribution in [0.15, 0.2) is 29.8 Å². The number of aromatic nitrogens is 1. The number of benzene rings is 1. The average molecular weight is 273 g/mol. The normalized spacial score (nSPS) is 13.9. The number of fused-ring (bicyclic) bond motifs is 1. The van der Waals surface area contributed by atoms with Crippen LogP contribution in [0.4, 0.5) is 0 Å². The van der Waals surface area contributed by atoms with Gasteiger partial charge in [-0.1, -0.05) is 12.1 Å². The molecule has 2 heterocycles. The number of carbonyl (C=O) groups is 1. The number of carbonyl (C=O) groups excluding carboxylic acids is 1. The Morgan fingerprint density at radius 3 is 3.26 bits per heavy atom. The third-order valence-electron chi connectivity index (χ3n) is 3.27. The van der Waals surface area contributed by atoms with Crippen LogP contribution >= 0.6 is 11.3 Å². The van der Waals surface area contributed by atoms with Gasteiger partial charge in [-0.05, 0) is 30.2 Å². The second kappa shape index (κ2) is 5.50. The minimum atomic E-state index is -0.00560. The van der Waals surface area contributed by atoms with Crippen molar-refractivity contribution in [1.29, 1.82) is 0 Å². The fourth-order valence-corrected chi connectivity index (χ4v) is 2.89. The Bertz CT molecular complexity index is 580. The number of nitrogens with zero attached hydrogens (tertiary/aromatic N) is 1. The van der Waals surface area contributed by atoms with Gasteiger partial charge in [0.05, 0.1) is 6.54 Å². The smallest absolute Gasteiger partial charge is 0.251 e. The largest absolute Gasteiger partial charge is 0.346 e. The number of thiazole rings is 1. The topological polar surface area (TPSA) is 54.0 Å². The van der Waals surface area contributed by atoms with Gasteiger partial charge >= 0.3 is 0 Å². The highest BCUT2D eigenvalue weighted by molar-refractivity contribution is 7.09. The van der Waals surface area contributed by atoms with E-state index in [4.69, 9.17) is 0 Å². The van der Waals surface area contributed by atoms with Crippen molar-refractivity contribution in [2.75, 3.05) is 6.54 Å². The van der Waals surface area contributed by atoms with Gasteiger partial charge in [-0.15, -0.1) is 11.3 Å². The summed E-state index contributed by atoms with van der Waals surface area (Å²) in [4.78, 5) is 16.4. The molecule has 1 aliphatic rings. The molecule has 5 heteroatoms. The summed E-state index contributed by atoms with van der Waals surface area (Å²) in [5, 5.41) is 9.11. The minimum absolute atomic E-state index is 0.00560. The summed E-state index contributed by atoms with van der Waals surface area (Å²) in [5.74, 6) is -0.00560. The van der Waals surface area contributed by atoms with E-state index in [0.717, 1.165) is 30.1 Å². The molecule has 0 atom stereocenters. The van der Waals surface area contributed by atoms with E-state index in [1.807, 2.05) is 17.5 Å². The highest BCUT2D eigenvalue weighted by Gasteiger charge is 2.17. The maximum Gasteiger partial charge on any atom is 0.251 e. The lowest BCUT2D eigenvalue weighted by molar-refractivity contribution is 0.0949. The maximum absolute atomic E-state index is 12.3. The molecule has 0 bridgehead atoms. The van der Waals surface area contributed by atoms with Crippen molar-refractivity contribution in [2.45, 2.75) is 19.5 Å². The van der Waals surface area contributed by atoms with Crippen LogP contribution < -0.4 is 10.6 Å². The lowest BCUT2D eigenvalue weighted by Crippen LogP contribution is -2.29. The molecule has 0 unspecified atom stereocenters. The summed E-state index contributed by atoms with van der Waals surface area (Å²) >= 11 is 1.55. The lowest BCUT2D eigenvalue weighted by atomic mass is 9.95. The molecule has 2 N–H and O–H groups in total. The first-order valence-electron chi connectivity index (χ1n) is 6.32. The first-order chi connectivity index (χ1) is 9.34. The maximum atomic E-state index is 12.3. The van der Waals surface area contributed by atoms with E-state index >= 15 is 0 Å². The third-order valence-corrected chi connectivity index (χ3v) is 4.05. The van der Waals surface area contributed by atoms with Gasteiger partial charge in [0.15, 0.2) is 0 Å². The van der Waals surface area contributed by atoms with Gasteiger partial charge < -0.3 is 10.6 Å². The summed E-state index contributed by atoms with van der Waals surface area (Å²) in [6.07, 6.45) is 2.67.